The fraction of sp³-hybridized carbons (Fsp3) is 0.176. The van der Waals surface area contributed by atoms with Gasteiger partial charge < -0.3 is 9.84 Å². The van der Waals surface area contributed by atoms with Crippen molar-refractivity contribution < 1.29 is 19.4 Å². The second kappa shape index (κ2) is 6.70. The highest BCUT2D eigenvalue weighted by atomic mass is 16.5. The van der Waals surface area contributed by atoms with E-state index in [4.69, 9.17) is 9.84 Å². The first kappa shape index (κ1) is 14.8. The number of carboxylic acid groups (broad SMARTS) is 1. The van der Waals surface area contributed by atoms with Crippen LogP contribution >= 0.6 is 0 Å². The van der Waals surface area contributed by atoms with Gasteiger partial charge in [0, 0.05) is 0 Å². The van der Waals surface area contributed by atoms with Crippen LogP contribution in [0.5, 0.6) is 0 Å². The summed E-state index contributed by atoms with van der Waals surface area (Å²) in [4.78, 5) is 22.3. The van der Waals surface area contributed by atoms with Crippen LogP contribution in [0.25, 0.3) is 0 Å². The van der Waals surface area contributed by atoms with Gasteiger partial charge in [0.1, 0.15) is 0 Å². The summed E-state index contributed by atoms with van der Waals surface area (Å²) >= 11 is 0. The van der Waals surface area contributed by atoms with E-state index in [1.165, 1.54) is 0 Å². The maximum absolute atomic E-state index is 11.5. The molecule has 2 aromatic carbocycles. The minimum absolute atomic E-state index is 0.274. The molecule has 0 spiro atoms. The van der Waals surface area contributed by atoms with Crippen molar-refractivity contribution in [3.05, 3.63) is 70.8 Å². The fourth-order valence-corrected chi connectivity index (χ4v) is 1.97. The monoisotopic (exact) mass is 284 g/mol. The maximum atomic E-state index is 11.5. The molecule has 0 saturated carbocycles. The zero-order valence-electron chi connectivity index (χ0n) is 11.7. The Balaban J connectivity index is 2.06. The molecular formula is C17H16O4. The van der Waals surface area contributed by atoms with Crippen LogP contribution in [0.4, 0.5) is 0 Å². The molecule has 108 valence electrons. The second-order valence-electron chi connectivity index (χ2n) is 4.60. The Kier molecular flexibility index (Phi) is 4.72. The topological polar surface area (TPSA) is 63.6 Å². The van der Waals surface area contributed by atoms with Gasteiger partial charge in [-0.1, -0.05) is 24.3 Å². The van der Waals surface area contributed by atoms with E-state index in [1.807, 2.05) is 12.1 Å². The number of aromatic carboxylic acids is 1. The van der Waals surface area contributed by atoms with Gasteiger partial charge in [0.25, 0.3) is 0 Å². The van der Waals surface area contributed by atoms with Gasteiger partial charge in [-0.25, -0.2) is 9.59 Å². The lowest BCUT2D eigenvalue weighted by molar-refractivity contribution is 0.0526. The Hall–Kier alpha value is -2.62. The third kappa shape index (κ3) is 3.92. The third-order valence-electron chi connectivity index (χ3n) is 3.07. The lowest BCUT2D eigenvalue weighted by Gasteiger charge is -2.05. The van der Waals surface area contributed by atoms with Gasteiger partial charge in [0.2, 0.25) is 0 Å². The highest BCUT2D eigenvalue weighted by Crippen LogP contribution is 2.13. The van der Waals surface area contributed by atoms with Gasteiger partial charge in [-0.05, 0) is 48.7 Å². The number of ether oxygens (including phenoxy) is 1. The molecule has 0 heterocycles. The van der Waals surface area contributed by atoms with E-state index in [0.717, 1.165) is 11.1 Å². The van der Waals surface area contributed by atoms with Crippen molar-refractivity contribution in [2.75, 3.05) is 6.61 Å². The number of carbonyl (C=O) groups excluding carboxylic acids is 1. The van der Waals surface area contributed by atoms with Crippen LogP contribution in [0.2, 0.25) is 0 Å². The van der Waals surface area contributed by atoms with E-state index in [2.05, 4.69) is 0 Å². The minimum Gasteiger partial charge on any atom is -0.478 e. The average molecular weight is 284 g/mol. The molecule has 0 amide bonds. The Bertz CT molecular complexity index is 627. The van der Waals surface area contributed by atoms with Crippen LogP contribution in [0.1, 0.15) is 38.8 Å². The number of esters is 1. The maximum Gasteiger partial charge on any atom is 0.338 e. The fourth-order valence-electron chi connectivity index (χ4n) is 1.97. The number of rotatable bonds is 5. The molecule has 0 aromatic heterocycles. The molecule has 1 N–H and O–H groups in total. The SMILES string of the molecule is CCOC(=O)c1ccc(Cc2ccc(C(=O)O)cc2)cc1. The van der Waals surface area contributed by atoms with E-state index in [1.54, 1.807) is 43.3 Å². The minimum atomic E-state index is -0.930. The first-order chi connectivity index (χ1) is 10.1. The van der Waals surface area contributed by atoms with Crippen molar-refractivity contribution in [1.29, 1.82) is 0 Å². The molecule has 4 heteroatoms. The summed E-state index contributed by atoms with van der Waals surface area (Å²) < 4.78 is 4.93. The van der Waals surface area contributed by atoms with Gasteiger partial charge in [-0.2, -0.15) is 0 Å². The zero-order chi connectivity index (χ0) is 15.2. The Labute approximate surface area is 123 Å². The van der Waals surface area contributed by atoms with Crippen LogP contribution in [0, 0.1) is 0 Å². The molecule has 0 saturated heterocycles. The average Bonchev–Trinajstić information content (AvgIpc) is 2.49. The molecule has 0 bridgehead atoms. The Morgan fingerprint density at radius 3 is 1.81 bits per heavy atom. The lowest BCUT2D eigenvalue weighted by Crippen LogP contribution is -2.04. The molecule has 0 unspecified atom stereocenters. The summed E-state index contributed by atoms with van der Waals surface area (Å²) in [6, 6.07) is 14.0. The molecule has 21 heavy (non-hydrogen) atoms. The van der Waals surface area contributed by atoms with Crippen molar-refractivity contribution in [3.63, 3.8) is 0 Å². The standard InChI is InChI=1S/C17H16O4/c1-2-21-17(20)15-9-5-13(6-10-15)11-12-3-7-14(8-4-12)16(18)19/h3-10H,2,11H2,1H3,(H,18,19). The first-order valence-corrected chi connectivity index (χ1v) is 6.68. The number of carbonyl (C=O) groups is 2. The molecular weight excluding hydrogens is 268 g/mol. The summed E-state index contributed by atoms with van der Waals surface area (Å²) in [6.07, 6.45) is 0.684. The first-order valence-electron chi connectivity index (χ1n) is 6.68. The van der Waals surface area contributed by atoms with Gasteiger partial charge in [-0.15, -0.1) is 0 Å². The van der Waals surface area contributed by atoms with Crippen molar-refractivity contribution in [3.8, 4) is 0 Å². The van der Waals surface area contributed by atoms with Crippen LogP contribution in [0.3, 0.4) is 0 Å². The van der Waals surface area contributed by atoms with E-state index < -0.39 is 5.97 Å². The predicted molar refractivity (Wildman–Crippen MR) is 78.6 cm³/mol. The van der Waals surface area contributed by atoms with Crippen LogP contribution in [-0.2, 0) is 11.2 Å². The lowest BCUT2D eigenvalue weighted by atomic mass is 10.0. The van der Waals surface area contributed by atoms with E-state index >= 15 is 0 Å². The molecule has 4 nitrogen and oxygen atoms in total. The second-order valence-corrected chi connectivity index (χ2v) is 4.60. The molecule has 2 aromatic rings. The highest BCUT2D eigenvalue weighted by molar-refractivity contribution is 5.89. The number of hydrogen-bond donors (Lipinski definition) is 1. The summed E-state index contributed by atoms with van der Waals surface area (Å²) in [6.45, 7) is 2.13. The van der Waals surface area contributed by atoms with Gasteiger partial charge in [0.15, 0.2) is 0 Å². The van der Waals surface area contributed by atoms with Crippen LogP contribution < -0.4 is 0 Å². The van der Waals surface area contributed by atoms with E-state index in [-0.39, 0.29) is 11.5 Å². The molecule has 0 fully saturated rings. The van der Waals surface area contributed by atoms with Crippen molar-refractivity contribution >= 4 is 11.9 Å². The summed E-state index contributed by atoms with van der Waals surface area (Å²) in [7, 11) is 0. The van der Waals surface area contributed by atoms with E-state index in [9.17, 15) is 9.59 Å². The normalized spacial score (nSPS) is 10.1. The molecule has 2 rings (SSSR count). The molecule has 0 radical (unpaired) electrons. The smallest absolute Gasteiger partial charge is 0.338 e. The van der Waals surface area contributed by atoms with Gasteiger partial charge in [-0.3, -0.25) is 0 Å². The molecule has 0 atom stereocenters. The van der Waals surface area contributed by atoms with Gasteiger partial charge in [0.05, 0.1) is 17.7 Å². The van der Waals surface area contributed by atoms with Gasteiger partial charge >= 0.3 is 11.9 Å². The highest BCUT2D eigenvalue weighted by Gasteiger charge is 2.06. The van der Waals surface area contributed by atoms with Crippen LogP contribution in [0.15, 0.2) is 48.5 Å². The van der Waals surface area contributed by atoms with E-state index in [0.29, 0.717) is 18.6 Å². The Morgan fingerprint density at radius 2 is 1.38 bits per heavy atom. The molecule has 0 aliphatic heterocycles. The summed E-state index contributed by atoms with van der Waals surface area (Å²) in [5.74, 6) is -1.25. The van der Waals surface area contributed by atoms with Crippen molar-refractivity contribution in [2.24, 2.45) is 0 Å². The third-order valence-corrected chi connectivity index (χ3v) is 3.07. The number of benzene rings is 2. The van der Waals surface area contributed by atoms with Crippen molar-refractivity contribution in [2.45, 2.75) is 13.3 Å². The number of hydrogen-bond acceptors (Lipinski definition) is 3. The Morgan fingerprint density at radius 1 is 0.905 bits per heavy atom. The predicted octanol–water partition coefficient (Wildman–Crippen LogP) is 3.15. The molecule has 0 aliphatic rings. The summed E-state index contributed by atoms with van der Waals surface area (Å²) in [5, 5.41) is 8.85. The largest absolute Gasteiger partial charge is 0.478 e. The van der Waals surface area contributed by atoms with Crippen molar-refractivity contribution in [1.82, 2.24) is 0 Å². The number of carboxylic acids is 1. The summed E-state index contributed by atoms with van der Waals surface area (Å²) in [5.41, 5.74) is 2.87. The zero-order valence-corrected chi connectivity index (χ0v) is 11.7. The van der Waals surface area contributed by atoms with Crippen LogP contribution in [-0.4, -0.2) is 23.7 Å². The quantitative estimate of drug-likeness (QED) is 0.857. The molecule has 0 aliphatic carbocycles.